The number of esters is 1. The predicted molar refractivity (Wildman–Crippen MR) is 61.8 cm³/mol. The largest absolute Gasteiger partial charge is 0.453 e. The van der Waals surface area contributed by atoms with Crippen LogP contribution in [-0.2, 0) is 4.74 Å². The van der Waals surface area contributed by atoms with E-state index in [1.165, 1.54) is 24.3 Å². The van der Waals surface area contributed by atoms with E-state index in [9.17, 15) is 14.0 Å². The van der Waals surface area contributed by atoms with E-state index >= 15 is 0 Å². The Bertz CT molecular complexity index is 546. The minimum Gasteiger partial charge on any atom is -0.453 e. The number of hydrogen-bond donors (Lipinski definition) is 1. The summed E-state index contributed by atoms with van der Waals surface area (Å²) in [5.41, 5.74) is 0.581. The number of halogens is 1. The summed E-state index contributed by atoms with van der Waals surface area (Å²) in [5.74, 6) is -1.40. The van der Waals surface area contributed by atoms with Crippen LogP contribution in [0, 0.1) is 5.82 Å². The molecule has 0 aliphatic heterocycles. The van der Waals surface area contributed by atoms with E-state index in [1.807, 2.05) is 0 Å². The molecular weight excluding hydrogens is 237 g/mol. The number of ketones is 1. The van der Waals surface area contributed by atoms with Crippen LogP contribution >= 0.6 is 0 Å². The highest BCUT2D eigenvalue weighted by Gasteiger charge is 2.12. The quantitative estimate of drug-likeness (QED) is 0.665. The van der Waals surface area contributed by atoms with Gasteiger partial charge in [-0.25, -0.2) is 9.18 Å². The molecule has 0 bridgehead atoms. The maximum atomic E-state index is 12.6. The summed E-state index contributed by atoms with van der Waals surface area (Å²) in [6.45, 7) is -0.372. The molecule has 0 saturated heterocycles. The Morgan fingerprint density at radius 1 is 1.17 bits per heavy atom. The van der Waals surface area contributed by atoms with Crippen molar-refractivity contribution in [1.29, 1.82) is 0 Å². The van der Waals surface area contributed by atoms with Crippen LogP contribution in [0.1, 0.15) is 20.8 Å². The van der Waals surface area contributed by atoms with E-state index in [0.717, 1.165) is 0 Å². The molecule has 2 aromatic rings. The number of carbonyl (C=O) groups is 2. The summed E-state index contributed by atoms with van der Waals surface area (Å²) in [6.07, 6.45) is 1.58. The van der Waals surface area contributed by atoms with Gasteiger partial charge in [0.15, 0.2) is 12.4 Å². The van der Waals surface area contributed by atoms with Crippen molar-refractivity contribution in [3.8, 4) is 0 Å². The molecule has 18 heavy (non-hydrogen) atoms. The van der Waals surface area contributed by atoms with Crippen molar-refractivity contribution in [3.63, 3.8) is 0 Å². The molecule has 0 fully saturated rings. The summed E-state index contributed by atoms with van der Waals surface area (Å²) in [6, 6.07) is 8.25. The number of nitrogens with one attached hydrogen (secondary N) is 1. The maximum Gasteiger partial charge on any atom is 0.355 e. The van der Waals surface area contributed by atoms with Gasteiger partial charge in [-0.15, -0.1) is 0 Å². The Balaban J connectivity index is 1.92. The van der Waals surface area contributed by atoms with Crippen LogP contribution < -0.4 is 0 Å². The van der Waals surface area contributed by atoms with Crippen molar-refractivity contribution < 1.29 is 18.7 Å². The molecule has 0 saturated carbocycles. The van der Waals surface area contributed by atoms with Crippen molar-refractivity contribution >= 4 is 11.8 Å². The average Bonchev–Trinajstić information content (AvgIpc) is 2.90. The second-order valence-electron chi connectivity index (χ2n) is 3.59. The number of carbonyl (C=O) groups excluding carboxylic acids is 2. The van der Waals surface area contributed by atoms with Crippen molar-refractivity contribution in [3.05, 3.63) is 59.7 Å². The van der Waals surface area contributed by atoms with E-state index in [4.69, 9.17) is 4.74 Å². The Morgan fingerprint density at radius 2 is 1.89 bits per heavy atom. The minimum atomic E-state index is -0.601. The van der Waals surface area contributed by atoms with Gasteiger partial charge in [-0.2, -0.15) is 0 Å². The number of benzene rings is 1. The van der Waals surface area contributed by atoms with Crippen LogP contribution in [0.2, 0.25) is 0 Å². The zero-order valence-electron chi connectivity index (χ0n) is 9.35. The van der Waals surface area contributed by atoms with Gasteiger partial charge in [-0.05, 0) is 36.4 Å². The van der Waals surface area contributed by atoms with Crippen LogP contribution in [0.4, 0.5) is 4.39 Å². The molecule has 1 aromatic carbocycles. The minimum absolute atomic E-state index is 0.280. The van der Waals surface area contributed by atoms with Crippen LogP contribution in [0.25, 0.3) is 0 Å². The standard InChI is InChI=1S/C13H10FNO3/c14-10-5-3-9(4-6-10)12(16)8-18-13(17)11-2-1-7-15-11/h1-7,15H,8H2. The van der Waals surface area contributed by atoms with Gasteiger partial charge in [0.2, 0.25) is 0 Å². The van der Waals surface area contributed by atoms with Crippen molar-refractivity contribution in [2.75, 3.05) is 6.61 Å². The lowest BCUT2D eigenvalue weighted by Crippen LogP contribution is -2.14. The second kappa shape index (κ2) is 5.27. The smallest absolute Gasteiger partial charge is 0.355 e. The van der Waals surface area contributed by atoms with E-state index in [0.29, 0.717) is 5.56 Å². The molecule has 5 heteroatoms. The van der Waals surface area contributed by atoms with Gasteiger partial charge in [-0.1, -0.05) is 0 Å². The highest BCUT2D eigenvalue weighted by Crippen LogP contribution is 2.05. The Kier molecular flexibility index (Phi) is 3.52. The third kappa shape index (κ3) is 2.82. The predicted octanol–water partition coefficient (Wildman–Crippen LogP) is 2.19. The van der Waals surface area contributed by atoms with Gasteiger partial charge in [0.25, 0.3) is 0 Å². The van der Waals surface area contributed by atoms with Gasteiger partial charge in [-0.3, -0.25) is 4.79 Å². The first-order valence-corrected chi connectivity index (χ1v) is 5.26. The molecule has 0 aliphatic carbocycles. The molecule has 1 aromatic heterocycles. The lowest BCUT2D eigenvalue weighted by atomic mass is 10.1. The van der Waals surface area contributed by atoms with E-state index in [1.54, 1.807) is 18.3 Å². The summed E-state index contributed by atoms with van der Waals surface area (Å²) in [4.78, 5) is 25.7. The van der Waals surface area contributed by atoms with Gasteiger partial charge in [0.1, 0.15) is 11.5 Å². The number of ether oxygens (including phenoxy) is 1. The SMILES string of the molecule is O=C(COC(=O)c1ccc[nH]1)c1ccc(F)cc1. The molecule has 0 spiro atoms. The van der Waals surface area contributed by atoms with Crippen molar-refractivity contribution in [2.24, 2.45) is 0 Å². The molecular formula is C13H10FNO3. The van der Waals surface area contributed by atoms with Crippen molar-refractivity contribution in [1.82, 2.24) is 4.98 Å². The third-order valence-electron chi connectivity index (χ3n) is 2.32. The monoisotopic (exact) mass is 247 g/mol. The van der Waals surface area contributed by atoms with Gasteiger partial charge in [0.05, 0.1) is 0 Å². The summed E-state index contributed by atoms with van der Waals surface area (Å²) < 4.78 is 17.5. The first kappa shape index (κ1) is 12.0. The number of hydrogen-bond acceptors (Lipinski definition) is 3. The first-order chi connectivity index (χ1) is 8.66. The number of Topliss-reactive ketones (excluding diaryl/α,β-unsaturated/α-hetero) is 1. The zero-order chi connectivity index (χ0) is 13.0. The lowest BCUT2D eigenvalue weighted by molar-refractivity contribution is 0.0469. The van der Waals surface area contributed by atoms with Crippen LogP contribution in [-0.4, -0.2) is 23.3 Å². The summed E-state index contributed by atoms with van der Waals surface area (Å²) in [5, 5.41) is 0. The molecule has 0 unspecified atom stereocenters. The number of rotatable bonds is 4. The van der Waals surface area contributed by atoms with Crippen LogP contribution in [0.3, 0.4) is 0 Å². The molecule has 0 amide bonds. The highest BCUT2D eigenvalue weighted by atomic mass is 19.1. The van der Waals surface area contributed by atoms with E-state index in [2.05, 4.69) is 4.98 Å². The van der Waals surface area contributed by atoms with E-state index in [-0.39, 0.29) is 18.1 Å². The highest BCUT2D eigenvalue weighted by molar-refractivity contribution is 5.98. The van der Waals surface area contributed by atoms with Gasteiger partial charge < -0.3 is 9.72 Å². The Labute approximate surface area is 102 Å². The molecule has 2 rings (SSSR count). The van der Waals surface area contributed by atoms with Gasteiger partial charge in [0, 0.05) is 11.8 Å². The lowest BCUT2D eigenvalue weighted by Gasteiger charge is -2.03. The molecule has 92 valence electrons. The molecule has 1 N–H and O–H groups in total. The number of aromatic amines is 1. The Hall–Kier alpha value is -2.43. The first-order valence-electron chi connectivity index (χ1n) is 5.26. The number of aromatic nitrogens is 1. The fourth-order valence-electron chi connectivity index (χ4n) is 1.39. The molecule has 1 heterocycles. The van der Waals surface area contributed by atoms with Crippen LogP contribution in [0.5, 0.6) is 0 Å². The maximum absolute atomic E-state index is 12.6. The Morgan fingerprint density at radius 3 is 2.50 bits per heavy atom. The molecule has 4 nitrogen and oxygen atoms in total. The fraction of sp³-hybridized carbons (Fsp3) is 0.0769. The fourth-order valence-corrected chi connectivity index (χ4v) is 1.39. The van der Waals surface area contributed by atoms with E-state index < -0.39 is 11.8 Å². The van der Waals surface area contributed by atoms with Crippen LogP contribution in [0.15, 0.2) is 42.6 Å². The summed E-state index contributed by atoms with van der Waals surface area (Å²) in [7, 11) is 0. The second-order valence-corrected chi connectivity index (χ2v) is 3.59. The topological polar surface area (TPSA) is 59.2 Å². The normalized spacial score (nSPS) is 10.1. The van der Waals surface area contributed by atoms with Gasteiger partial charge >= 0.3 is 5.97 Å². The molecule has 0 aliphatic rings. The summed E-state index contributed by atoms with van der Waals surface area (Å²) >= 11 is 0. The zero-order valence-corrected chi connectivity index (χ0v) is 9.35. The van der Waals surface area contributed by atoms with Crippen molar-refractivity contribution in [2.45, 2.75) is 0 Å². The molecule has 0 radical (unpaired) electrons. The molecule has 0 atom stereocenters. The average molecular weight is 247 g/mol. The third-order valence-corrected chi connectivity index (χ3v) is 2.32. The number of H-pyrrole nitrogens is 1.